The third kappa shape index (κ3) is 3.35. The molecule has 2 heteroatoms. The second-order valence-electron chi connectivity index (χ2n) is 4.47. The summed E-state index contributed by atoms with van der Waals surface area (Å²) in [5.74, 6) is 0. The van der Waals surface area contributed by atoms with Crippen LogP contribution in [0.3, 0.4) is 0 Å². The summed E-state index contributed by atoms with van der Waals surface area (Å²) in [5.41, 5.74) is 8.54. The fraction of sp³-hybridized carbons (Fsp3) is 0.500. The van der Waals surface area contributed by atoms with Crippen LogP contribution in [0, 0.1) is 6.92 Å². The standard InChI is InChI=1S/C12H19NS/c1-9-7-10(8-12(2,3)13)5-6-11(9)14-4/h5-7H,8,13H2,1-4H3. The molecule has 0 aliphatic heterocycles. The van der Waals surface area contributed by atoms with E-state index in [-0.39, 0.29) is 5.54 Å². The van der Waals surface area contributed by atoms with Gasteiger partial charge in [0.2, 0.25) is 0 Å². The topological polar surface area (TPSA) is 26.0 Å². The summed E-state index contributed by atoms with van der Waals surface area (Å²) >= 11 is 1.79. The zero-order valence-electron chi connectivity index (χ0n) is 9.42. The molecule has 0 heterocycles. The Kier molecular flexibility index (Phi) is 3.62. The highest BCUT2D eigenvalue weighted by Crippen LogP contribution is 2.22. The first-order valence-electron chi connectivity index (χ1n) is 4.85. The normalized spacial score (nSPS) is 11.8. The zero-order chi connectivity index (χ0) is 10.8. The Bertz CT molecular complexity index is 313. The average Bonchev–Trinajstić information content (AvgIpc) is 2.01. The smallest absolute Gasteiger partial charge is 0.0138 e. The highest BCUT2D eigenvalue weighted by atomic mass is 32.2. The molecule has 0 bridgehead atoms. The molecule has 0 spiro atoms. The van der Waals surface area contributed by atoms with Gasteiger partial charge in [0.25, 0.3) is 0 Å². The monoisotopic (exact) mass is 209 g/mol. The van der Waals surface area contributed by atoms with Crippen molar-refractivity contribution < 1.29 is 0 Å². The number of rotatable bonds is 3. The van der Waals surface area contributed by atoms with Crippen LogP contribution in [-0.2, 0) is 6.42 Å². The van der Waals surface area contributed by atoms with Crippen molar-refractivity contribution in [3.63, 3.8) is 0 Å². The van der Waals surface area contributed by atoms with Crippen molar-refractivity contribution in [3.05, 3.63) is 29.3 Å². The molecule has 1 aromatic carbocycles. The molecule has 2 N–H and O–H groups in total. The van der Waals surface area contributed by atoms with Crippen molar-refractivity contribution in [1.82, 2.24) is 0 Å². The first-order valence-corrected chi connectivity index (χ1v) is 6.07. The van der Waals surface area contributed by atoms with Crippen LogP contribution in [0.1, 0.15) is 25.0 Å². The highest BCUT2D eigenvalue weighted by molar-refractivity contribution is 7.98. The molecule has 0 amide bonds. The summed E-state index contributed by atoms with van der Waals surface area (Å²) in [6, 6.07) is 6.59. The van der Waals surface area contributed by atoms with Crippen molar-refractivity contribution >= 4 is 11.8 Å². The van der Waals surface area contributed by atoms with Gasteiger partial charge < -0.3 is 5.73 Å². The average molecular weight is 209 g/mol. The van der Waals surface area contributed by atoms with Gasteiger partial charge in [-0.05, 0) is 50.6 Å². The molecular weight excluding hydrogens is 190 g/mol. The van der Waals surface area contributed by atoms with Crippen LogP contribution in [0.15, 0.2) is 23.1 Å². The third-order valence-electron chi connectivity index (χ3n) is 2.12. The quantitative estimate of drug-likeness (QED) is 0.774. The molecule has 0 unspecified atom stereocenters. The van der Waals surface area contributed by atoms with E-state index in [1.165, 1.54) is 16.0 Å². The molecule has 0 radical (unpaired) electrons. The molecule has 0 saturated carbocycles. The summed E-state index contributed by atoms with van der Waals surface area (Å²) < 4.78 is 0. The SMILES string of the molecule is CSc1ccc(CC(C)(C)N)cc1C. The maximum absolute atomic E-state index is 5.98. The lowest BCUT2D eigenvalue weighted by molar-refractivity contribution is 0.516. The summed E-state index contributed by atoms with van der Waals surface area (Å²) in [6.45, 7) is 6.27. The largest absolute Gasteiger partial charge is 0.325 e. The number of nitrogens with two attached hydrogens (primary N) is 1. The molecule has 78 valence electrons. The van der Waals surface area contributed by atoms with E-state index in [4.69, 9.17) is 5.73 Å². The van der Waals surface area contributed by atoms with Gasteiger partial charge in [0.1, 0.15) is 0 Å². The summed E-state index contributed by atoms with van der Waals surface area (Å²) in [7, 11) is 0. The van der Waals surface area contributed by atoms with Gasteiger partial charge in [-0.3, -0.25) is 0 Å². The first kappa shape index (κ1) is 11.6. The Morgan fingerprint density at radius 3 is 2.43 bits per heavy atom. The molecule has 0 aliphatic rings. The molecule has 0 saturated heterocycles. The van der Waals surface area contributed by atoms with Crippen LogP contribution in [-0.4, -0.2) is 11.8 Å². The predicted molar refractivity (Wildman–Crippen MR) is 64.9 cm³/mol. The van der Waals surface area contributed by atoms with Crippen molar-refractivity contribution in [3.8, 4) is 0 Å². The van der Waals surface area contributed by atoms with Crippen molar-refractivity contribution in [2.45, 2.75) is 37.6 Å². The van der Waals surface area contributed by atoms with Crippen molar-refractivity contribution in [2.24, 2.45) is 5.73 Å². The minimum absolute atomic E-state index is 0.118. The number of benzene rings is 1. The highest BCUT2D eigenvalue weighted by Gasteiger charge is 2.11. The Morgan fingerprint density at radius 1 is 1.36 bits per heavy atom. The second kappa shape index (κ2) is 4.37. The van der Waals surface area contributed by atoms with Crippen LogP contribution in [0.4, 0.5) is 0 Å². The minimum atomic E-state index is -0.118. The first-order chi connectivity index (χ1) is 6.42. The van der Waals surface area contributed by atoms with Crippen LogP contribution >= 0.6 is 11.8 Å². The van der Waals surface area contributed by atoms with Crippen LogP contribution < -0.4 is 5.73 Å². The Hall–Kier alpha value is -0.470. The number of hydrogen-bond acceptors (Lipinski definition) is 2. The minimum Gasteiger partial charge on any atom is -0.325 e. The second-order valence-corrected chi connectivity index (χ2v) is 5.32. The maximum Gasteiger partial charge on any atom is 0.0138 e. The van der Waals surface area contributed by atoms with E-state index in [0.717, 1.165) is 6.42 Å². The van der Waals surface area contributed by atoms with E-state index < -0.39 is 0 Å². The number of thioether (sulfide) groups is 1. The van der Waals surface area contributed by atoms with Gasteiger partial charge in [0, 0.05) is 10.4 Å². The van der Waals surface area contributed by atoms with Gasteiger partial charge >= 0.3 is 0 Å². The van der Waals surface area contributed by atoms with Gasteiger partial charge in [0.05, 0.1) is 0 Å². The van der Waals surface area contributed by atoms with Crippen molar-refractivity contribution in [1.29, 1.82) is 0 Å². The molecular formula is C12H19NS. The number of aryl methyl sites for hydroxylation is 1. The summed E-state index contributed by atoms with van der Waals surface area (Å²) in [5, 5.41) is 0. The maximum atomic E-state index is 5.98. The van der Waals surface area contributed by atoms with Crippen LogP contribution in [0.25, 0.3) is 0 Å². The molecule has 1 nitrogen and oxygen atoms in total. The van der Waals surface area contributed by atoms with E-state index in [1.807, 2.05) is 0 Å². The number of hydrogen-bond donors (Lipinski definition) is 1. The van der Waals surface area contributed by atoms with Crippen LogP contribution in [0.5, 0.6) is 0 Å². The molecule has 1 aromatic rings. The fourth-order valence-electron chi connectivity index (χ4n) is 1.58. The van der Waals surface area contributed by atoms with E-state index in [1.54, 1.807) is 11.8 Å². The Balaban J connectivity index is 2.87. The molecule has 0 aliphatic carbocycles. The van der Waals surface area contributed by atoms with E-state index in [2.05, 4.69) is 45.2 Å². The van der Waals surface area contributed by atoms with E-state index in [9.17, 15) is 0 Å². The van der Waals surface area contributed by atoms with Gasteiger partial charge in [0.15, 0.2) is 0 Å². The molecule has 1 rings (SSSR count). The van der Waals surface area contributed by atoms with Crippen LogP contribution in [0.2, 0.25) is 0 Å². The van der Waals surface area contributed by atoms with Gasteiger partial charge in [-0.25, -0.2) is 0 Å². The third-order valence-corrected chi connectivity index (χ3v) is 3.02. The van der Waals surface area contributed by atoms with Crippen molar-refractivity contribution in [2.75, 3.05) is 6.26 Å². The van der Waals surface area contributed by atoms with Gasteiger partial charge in [-0.15, -0.1) is 11.8 Å². The summed E-state index contributed by atoms with van der Waals surface area (Å²) in [4.78, 5) is 1.35. The predicted octanol–water partition coefficient (Wildman–Crippen LogP) is 3.00. The zero-order valence-corrected chi connectivity index (χ0v) is 10.2. The fourth-order valence-corrected chi connectivity index (χ4v) is 2.16. The summed E-state index contributed by atoms with van der Waals surface area (Å²) in [6.07, 6.45) is 3.04. The molecule has 0 atom stereocenters. The lowest BCUT2D eigenvalue weighted by atomic mass is 9.95. The molecule has 0 aromatic heterocycles. The van der Waals surface area contributed by atoms with E-state index in [0.29, 0.717) is 0 Å². The molecule has 0 fully saturated rings. The Labute approximate surface area is 91.1 Å². The van der Waals surface area contributed by atoms with Gasteiger partial charge in [-0.2, -0.15) is 0 Å². The van der Waals surface area contributed by atoms with Gasteiger partial charge in [-0.1, -0.05) is 12.1 Å². The Morgan fingerprint density at radius 2 is 2.00 bits per heavy atom. The lowest BCUT2D eigenvalue weighted by Gasteiger charge is -2.19. The van der Waals surface area contributed by atoms with E-state index >= 15 is 0 Å². The lowest BCUT2D eigenvalue weighted by Crippen LogP contribution is -2.34. The molecule has 14 heavy (non-hydrogen) atoms.